The van der Waals surface area contributed by atoms with Crippen molar-refractivity contribution < 1.29 is 4.79 Å². The fourth-order valence-corrected chi connectivity index (χ4v) is 2.52. The van der Waals surface area contributed by atoms with Crippen LogP contribution < -0.4 is 10.6 Å². The van der Waals surface area contributed by atoms with Crippen molar-refractivity contribution in [2.24, 2.45) is 0 Å². The van der Waals surface area contributed by atoms with E-state index in [1.807, 2.05) is 31.5 Å². The lowest BCUT2D eigenvalue weighted by molar-refractivity contribution is -0.132. The molecule has 0 saturated carbocycles. The summed E-state index contributed by atoms with van der Waals surface area (Å²) in [6.45, 7) is 10.5. The van der Waals surface area contributed by atoms with Gasteiger partial charge in [-0.3, -0.25) is 9.69 Å². The second-order valence-corrected chi connectivity index (χ2v) is 5.93. The Hall–Kier alpha value is -1.40. The topological polar surface area (TPSA) is 62.2 Å². The Labute approximate surface area is 120 Å². The number of aromatic nitrogens is 2. The van der Waals surface area contributed by atoms with E-state index in [-0.39, 0.29) is 11.9 Å². The number of nitrogens with zero attached hydrogens (tertiary/aromatic N) is 3. The Morgan fingerprint density at radius 2 is 2.15 bits per heavy atom. The maximum absolute atomic E-state index is 12.5. The van der Waals surface area contributed by atoms with Gasteiger partial charge in [-0.05, 0) is 20.8 Å². The van der Waals surface area contributed by atoms with Crippen LogP contribution in [0.15, 0.2) is 18.7 Å². The summed E-state index contributed by atoms with van der Waals surface area (Å²) in [5, 5.41) is 6.42. The summed E-state index contributed by atoms with van der Waals surface area (Å²) in [6.07, 6.45) is 5.42. The van der Waals surface area contributed by atoms with Crippen molar-refractivity contribution in [1.82, 2.24) is 25.1 Å². The van der Waals surface area contributed by atoms with E-state index in [1.165, 1.54) is 0 Å². The highest BCUT2D eigenvalue weighted by molar-refractivity contribution is 5.85. The van der Waals surface area contributed by atoms with Crippen LogP contribution in [0.25, 0.3) is 0 Å². The van der Waals surface area contributed by atoms with Crippen molar-refractivity contribution >= 4 is 5.91 Å². The maximum Gasteiger partial charge on any atom is 0.240 e. The molecule has 1 unspecified atom stereocenters. The molecule has 1 aliphatic rings. The van der Waals surface area contributed by atoms with Crippen molar-refractivity contribution in [3.63, 3.8) is 0 Å². The zero-order valence-corrected chi connectivity index (χ0v) is 12.6. The molecule has 0 aromatic carbocycles. The summed E-state index contributed by atoms with van der Waals surface area (Å²) < 4.78 is 1.97. The molecule has 1 aromatic rings. The first kappa shape index (κ1) is 15.0. The molecule has 1 amide bonds. The Bertz CT molecular complexity index is 423. The number of piperazine rings is 1. The summed E-state index contributed by atoms with van der Waals surface area (Å²) in [4.78, 5) is 18.8. The molecule has 6 heteroatoms. The number of amides is 1. The van der Waals surface area contributed by atoms with E-state index in [1.54, 1.807) is 12.5 Å². The fourth-order valence-electron chi connectivity index (χ4n) is 2.52. The van der Waals surface area contributed by atoms with E-state index in [9.17, 15) is 4.79 Å². The summed E-state index contributed by atoms with van der Waals surface area (Å²) in [6, 6.07) is 0.0823. The van der Waals surface area contributed by atoms with Gasteiger partial charge in [0.25, 0.3) is 0 Å². The van der Waals surface area contributed by atoms with Crippen LogP contribution in [0.1, 0.15) is 20.8 Å². The minimum atomic E-state index is -0.467. The third-order valence-corrected chi connectivity index (χ3v) is 3.88. The van der Waals surface area contributed by atoms with Crippen LogP contribution in [0.2, 0.25) is 0 Å². The first-order valence-corrected chi connectivity index (χ1v) is 7.22. The summed E-state index contributed by atoms with van der Waals surface area (Å²) in [7, 11) is 0. The standard InChI is InChI=1S/C14H25N5O/c1-12(10-18-7-4-16-11-18)17-13(20)14(2,3)19-8-5-15-6-9-19/h4,7,11-12,15H,5-6,8-10H2,1-3H3,(H,17,20). The Morgan fingerprint density at radius 3 is 2.75 bits per heavy atom. The molecule has 0 radical (unpaired) electrons. The molecule has 112 valence electrons. The SMILES string of the molecule is CC(Cn1ccnc1)NC(=O)C(C)(C)N1CCNCC1. The molecule has 1 saturated heterocycles. The highest BCUT2D eigenvalue weighted by atomic mass is 16.2. The average Bonchev–Trinajstić information content (AvgIpc) is 2.92. The van der Waals surface area contributed by atoms with Gasteiger partial charge >= 0.3 is 0 Å². The molecule has 0 aliphatic carbocycles. The first-order chi connectivity index (χ1) is 9.50. The third kappa shape index (κ3) is 3.58. The predicted octanol–water partition coefficient (Wildman–Crippen LogP) is 0.0716. The van der Waals surface area contributed by atoms with Crippen LogP contribution in [-0.4, -0.2) is 58.1 Å². The molecule has 1 fully saturated rings. The lowest BCUT2D eigenvalue weighted by Gasteiger charge is -2.40. The highest BCUT2D eigenvalue weighted by Gasteiger charge is 2.35. The van der Waals surface area contributed by atoms with E-state index in [0.29, 0.717) is 0 Å². The van der Waals surface area contributed by atoms with Crippen molar-refractivity contribution in [1.29, 1.82) is 0 Å². The smallest absolute Gasteiger partial charge is 0.240 e. The van der Waals surface area contributed by atoms with Crippen LogP contribution in [0.5, 0.6) is 0 Å². The van der Waals surface area contributed by atoms with Crippen molar-refractivity contribution in [3.8, 4) is 0 Å². The van der Waals surface area contributed by atoms with E-state index in [2.05, 4.69) is 20.5 Å². The molecule has 1 aromatic heterocycles. The summed E-state index contributed by atoms with van der Waals surface area (Å²) >= 11 is 0. The summed E-state index contributed by atoms with van der Waals surface area (Å²) in [5.74, 6) is 0.0898. The number of imidazole rings is 1. The number of carbonyl (C=O) groups excluding carboxylic acids is 1. The molecule has 2 heterocycles. The van der Waals surface area contributed by atoms with Gasteiger partial charge in [0.15, 0.2) is 0 Å². The van der Waals surface area contributed by atoms with Crippen LogP contribution in [0, 0.1) is 0 Å². The number of hydrogen-bond donors (Lipinski definition) is 2. The van der Waals surface area contributed by atoms with Crippen molar-refractivity contribution in [2.75, 3.05) is 26.2 Å². The minimum Gasteiger partial charge on any atom is -0.350 e. The van der Waals surface area contributed by atoms with Gasteiger partial charge in [0.05, 0.1) is 11.9 Å². The minimum absolute atomic E-state index is 0.0823. The molecule has 0 bridgehead atoms. The van der Waals surface area contributed by atoms with Crippen LogP contribution in [-0.2, 0) is 11.3 Å². The largest absolute Gasteiger partial charge is 0.350 e. The molecule has 1 atom stereocenters. The van der Waals surface area contributed by atoms with Gasteiger partial charge in [-0.2, -0.15) is 0 Å². The number of hydrogen-bond acceptors (Lipinski definition) is 4. The predicted molar refractivity (Wildman–Crippen MR) is 78.4 cm³/mol. The normalized spacial score (nSPS) is 18.8. The van der Waals surface area contributed by atoms with E-state index in [0.717, 1.165) is 32.7 Å². The van der Waals surface area contributed by atoms with Crippen LogP contribution >= 0.6 is 0 Å². The molecule has 2 rings (SSSR count). The molecule has 20 heavy (non-hydrogen) atoms. The maximum atomic E-state index is 12.5. The monoisotopic (exact) mass is 279 g/mol. The highest BCUT2D eigenvalue weighted by Crippen LogP contribution is 2.15. The Morgan fingerprint density at radius 1 is 1.45 bits per heavy atom. The Balaban J connectivity index is 1.89. The van der Waals surface area contributed by atoms with E-state index < -0.39 is 5.54 Å². The van der Waals surface area contributed by atoms with Gasteiger partial charge in [0.2, 0.25) is 5.91 Å². The van der Waals surface area contributed by atoms with E-state index >= 15 is 0 Å². The average molecular weight is 279 g/mol. The molecule has 0 spiro atoms. The third-order valence-electron chi connectivity index (χ3n) is 3.88. The quantitative estimate of drug-likeness (QED) is 0.801. The van der Waals surface area contributed by atoms with Crippen molar-refractivity contribution in [2.45, 2.75) is 38.9 Å². The molecule has 1 aliphatic heterocycles. The lowest BCUT2D eigenvalue weighted by atomic mass is 10.00. The van der Waals surface area contributed by atoms with E-state index in [4.69, 9.17) is 0 Å². The molecular weight excluding hydrogens is 254 g/mol. The number of carbonyl (C=O) groups is 1. The van der Waals surface area contributed by atoms with Crippen molar-refractivity contribution in [3.05, 3.63) is 18.7 Å². The second-order valence-electron chi connectivity index (χ2n) is 5.93. The second kappa shape index (κ2) is 6.37. The zero-order chi connectivity index (χ0) is 14.6. The van der Waals surface area contributed by atoms with Crippen LogP contribution in [0.4, 0.5) is 0 Å². The molecule has 6 nitrogen and oxygen atoms in total. The lowest BCUT2D eigenvalue weighted by Crippen LogP contribution is -2.61. The molecule has 2 N–H and O–H groups in total. The van der Waals surface area contributed by atoms with Crippen LogP contribution in [0.3, 0.4) is 0 Å². The van der Waals surface area contributed by atoms with Gasteiger partial charge < -0.3 is 15.2 Å². The van der Waals surface area contributed by atoms with Gasteiger partial charge in [-0.25, -0.2) is 4.98 Å². The van der Waals surface area contributed by atoms with Gasteiger partial charge in [0.1, 0.15) is 0 Å². The number of rotatable bonds is 5. The zero-order valence-electron chi connectivity index (χ0n) is 12.6. The van der Waals surface area contributed by atoms with Gasteiger partial charge in [-0.1, -0.05) is 0 Å². The Kier molecular flexibility index (Phi) is 4.77. The molecular formula is C14H25N5O. The summed E-state index contributed by atoms with van der Waals surface area (Å²) in [5.41, 5.74) is -0.467. The fraction of sp³-hybridized carbons (Fsp3) is 0.714. The van der Waals surface area contributed by atoms with Gasteiger partial charge in [-0.15, -0.1) is 0 Å². The van der Waals surface area contributed by atoms with Gasteiger partial charge in [0, 0.05) is 51.2 Å². The number of nitrogens with one attached hydrogen (secondary N) is 2. The first-order valence-electron chi connectivity index (χ1n) is 7.22.